The van der Waals surface area contributed by atoms with E-state index in [1.807, 2.05) is 0 Å². The summed E-state index contributed by atoms with van der Waals surface area (Å²) in [6.45, 7) is 15.8. The molecule has 2 aromatic rings. The Morgan fingerprint density at radius 2 is 1.89 bits per heavy atom. The second-order valence-electron chi connectivity index (χ2n) is 11.6. The highest BCUT2D eigenvalue weighted by Gasteiger charge is 2.40. The molecule has 1 atom stereocenters. The molecule has 3 rings (SSSR count). The quantitative estimate of drug-likeness (QED) is 0.0604. The number of hydrogen-bond acceptors (Lipinski definition) is 11. The third-order valence-corrected chi connectivity index (χ3v) is 14.3. The first-order valence-corrected chi connectivity index (χ1v) is 19.1. The fraction of sp³-hybridized carbons (Fsp3) is 0.483. The number of nitrogens with one attached hydrogen (secondary N) is 1. The van der Waals surface area contributed by atoms with Crippen molar-refractivity contribution in [3.63, 3.8) is 0 Å². The SMILES string of the molecule is C=C1C[C@@H](CO[Si](C)(C)C(C)(C)C)N(C(=O)c2cc(OC)c(OC)cc2NC(=O)OCCSSc2ccc([N+](=O)[O-])cn2)C1. The van der Waals surface area contributed by atoms with Crippen molar-refractivity contribution >= 4 is 53.3 Å². The molecule has 0 aliphatic carbocycles. The predicted molar refractivity (Wildman–Crippen MR) is 175 cm³/mol. The fourth-order valence-electron chi connectivity index (χ4n) is 4.05. The van der Waals surface area contributed by atoms with E-state index in [0.29, 0.717) is 41.9 Å². The summed E-state index contributed by atoms with van der Waals surface area (Å²) >= 11 is 0. The lowest BCUT2D eigenvalue weighted by Crippen LogP contribution is -2.46. The second kappa shape index (κ2) is 15.1. The van der Waals surface area contributed by atoms with Gasteiger partial charge in [0.1, 0.15) is 17.8 Å². The first-order chi connectivity index (χ1) is 20.7. The maximum atomic E-state index is 14.0. The summed E-state index contributed by atoms with van der Waals surface area (Å²) in [5, 5.41) is 14.1. The molecular weight excluding hydrogens is 625 g/mol. The van der Waals surface area contributed by atoms with Crippen LogP contribution in [0, 0.1) is 10.1 Å². The lowest BCUT2D eigenvalue weighted by Gasteiger charge is -2.38. The van der Waals surface area contributed by atoms with Gasteiger partial charge < -0.3 is 23.5 Å². The molecule has 1 aliphatic heterocycles. The molecule has 1 aromatic carbocycles. The van der Waals surface area contributed by atoms with E-state index in [0.717, 1.165) is 5.57 Å². The number of aromatic nitrogens is 1. The van der Waals surface area contributed by atoms with Crippen molar-refractivity contribution in [2.24, 2.45) is 0 Å². The standard InChI is InChI=1S/C29H40N4O8S2Si/c1-19-13-21(18-41-44(7,8)29(2,3)4)32(17-19)27(34)22-14-24(38-5)25(39-6)15-23(22)31-28(35)40-11-12-42-43-26-10-9-20(16-30-26)33(36)37/h9-10,14-16,21H,1,11-13,17-18H2,2-8H3,(H,31,35)/t21-/m0/s1. The largest absolute Gasteiger partial charge is 0.493 e. The zero-order valence-corrected chi connectivity index (χ0v) is 28.8. The summed E-state index contributed by atoms with van der Waals surface area (Å²) in [6.07, 6.45) is 1.08. The Labute approximate surface area is 266 Å². The minimum Gasteiger partial charge on any atom is -0.493 e. The van der Waals surface area contributed by atoms with Crippen LogP contribution in [0.1, 0.15) is 37.6 Å². The topological polar surface area (TPSA) is 142 Å². The number of likely N-dealkylation sites (tertiary alicyclic amines) is 1. The monoisotopic (exact) mass is 664 g/mol. The first-order valence-electron chi connectivity index (χ1n) is 13.9. The third-order valence-electron chi connectivity index (χ3n) is 7.53. The Morgan fingerprint density at radius 3 is 2.48 bits per heavy atom. The molecule has 0 radical (unpaired) electrons. The van der Waals surface area contributed by atoms with E-state index in [-0.39, 0.29) is 40.5 Å². The Bertz CT molecular complexity index is 1370. The maximum Gasteiger partial charge on any atom is 0.411 e. The average Bonchev–Trinajstić information content (AvgIpc) is 3.35. The first kappa shape index (κ1) is 35.2. The summed E-state index contributed by atoms with van der Waals surface area (Å²) in [5.74, 6) is 0.812. The average molecular weight is 665 g/mol. The molecular formula is C29H40N4O8S2Si. The molecule has 240 valence electrons. The van der Waals surface area contributed by atoms with Gasteiger partial charge in [-0.1, -0.05) is 43.7 Å². The van der Waals surface area contributed by atoms with Crippen molar-refractivity contribution in [1.82, 2.24) is 9.88 Å². The van der Waals surface area contributed by atoms with Crippen LogP contribution in [0.5, 0.6) is 11.5 Å². The molecule has 0 bridgehead atoms. The van der Waals surface area contributed by atoms with Gasteiger partial charge in [0.15, 0.2) is 19.8 Å². The van der Waals surface area contributed by atoms with Crippen molar-refractivity contribution in [1.29, 1.82) is 0 Å². The van der Waals surface area contributed by atoms with Gasteiger partial charge in [-0.05, 0) is 47.5 Å². The second-order valence-corrected chi connectivity index (χ2v) is 18.9. The fourth-order valence-corrected chi connectivity index (χ4v) is 6.77. The molecule has 0 saturated carbocycles. The van der Waals surface area contributed by atoms with Gasteiger partial charge in [-0.15, -0.1) is 0 Å². The molecule has 2 amide bonds. The van der Waals surface area contributed by atoms with Crippen LogP contribution in [-0.4, -0.2) is 80.9 Å². The molecule has 1 N–H and O–H groups in total. The summed E-state index contributed by atoms with van der Waals surface area (Å²) in [7, 11) is 3.58. The highest BCUT2D eigenvalue weighted by molar-refractivity contribution is 8.76. The van der Waals surface area contributed by atoms with E-state index < -0.39 is 19.3 Å². The van der Waals surface area contributed by atoms with E-state index >= 15 is 0 Å². The van der Waals surface area contributed by atoms with Crippen molar-refractivity contribution in [3.8, 4) is 11.5 Å². The number of nitrogens with zero attached hydrogens (tertiary/aromatic N) is 3. The van der Waals surface area contributed by atoms with Crippen LogP contribution in [0.4, 0.5) is 16.2 Å². The molecule has 1 aromatic heterocycles. The molecule has 12 nitrogen and oxygen atoms in total. The van der Waals surface area contributed by atoms with Gasteiger partial charge in [-0.3, -0.25) is 20.2 Å². The summed E-state index contributed by atoms with van der Waals surface area (Å²) in [6, 6.07) is 5.82. The van der Waals surface area contributed by atoms with E-state index in [1.54, 1.807) is 17.0 Å². The van der Waals surface area contributed by atoms with E-state index in [9.17, 15) is 19.7 Å². The number of carbonyl (C=O) groups excluding carboxylic acids is 2. The highest BCUT2D eigenvalue weighted by atomic mass is 33.1. The number of pyridine rings is 1. The van der Waals surface area contributed by atoms with Crippen molar-refractivity contribution in [3.05, 3.63) is 58.3 Å². The van der Waals surface area contributed by atoms with E-state index in [4.69, 9.17) is 18.6 Å². The van der Waals surface area contributed by atoms with Crippen LogP contribution >= 0.6 is 21.6 Å². The summed E-state index contributed by atoms with van der Waals surface area (Å²) < 4.78 is 22.7. The molecule has 1 fully saturated rings. The van der Waals surface area contributed by atoms with Gasteiger partial charge >= 0.3 is 6.09 Å². The number of methoxy groups -OCH3 is 2. The highest BCUT2D eigenvalue weighted by Crippen LogP contribution is 2.39. The van der Waals surface area contributed by atoms with Crippen LogP contribution in [-0.2, 0) is 9.16 Å². The van der Waals surface area contributed by atoms with Gasteiger partial charge in [-0.25, -0.2) is 9.78 Å². The Morgan fingerprint density at radius 1 is 1.20 bits per heavy atom. The van der Waals surface area contributed by atoms with Crippen molar-refractivity contribution in [2.75, 3.05) is 45.0 Å². The lowest BCUT2D eigenvalue weighted by atomic mass is 10.1. The summed E-state index contributed by atoms with van der Waals surface area (Å²) in [5.41, 5.74) is 1.28. The van der Waals surface area contributed by atoms with Crippen molar-refractivity contribution in [2.45, 2.75) is 56.4 Å². The smallest absolute Gasteiger partial charge is 0.411 e. The molecule has 15 heteroatoms. The van der Waals surface area contributed by atoms with Gasteiger partial charge in [0, 0.05) is 24.4 Å². The maximum absolute atomic E-state index is 14.0. The Balaban J connectivity index is 1.68. The van der Waals surface area contributed by atoms with Crippen LogP contribution in [0.3, 0.4) is 0 Å². The molecule has 1 saturated heterocycles. The number of benzene rings is 1. The van der Waals surface area contributed by atoms with Crippen LogP contribution < -0.4 is 14.8 Å². The Kier molecular flexibility index (Phi) is 12.1. The van der Waals surface area contributed by atoms with Gasteiger partial charge in [0.2, 0.25) is 0 Å². The molecule has 0 unspecified atom stereocenters. The van der Waals surface area contributed by atoms with Crippen molar-refractivity contribution < 1.29 is 33.1 Å². The third kappa shape index (κ3) is 9.12. The number of anilines is 1. The Hall–Kier alpha value is -3.27. The van der Waals surface area contributed by atoms with Gasteiger partial charge in [0.25, 0.3) is 11.6 Å². The van der Waals surface area contributed by atoms with Gasteiger partial charge in [-0.2, -0.15) is 0 Å². The minimum atomic E-state index is -2.05. The number of ether oxygens (including phenoxy) is 3. The van der Waals surface area contributed by atoms with Crippen LogP contribution in [0.15, 0.2) is 47.6 Å². The van der Waals surface area contributed by atoms with E-state index in [1.165, 1.54) is 54.1 Å². The number of amides is 2. The minimum absolute atomic E-state index is 0.0249. The van der Waals surface area contributed by atoms with Gasteiger partial charge in [0.05, 0.1) is 43.0 Å². The number of rotatable bonds is 13. The summed E-state index contributed by atoms with van der Waals surface area (Å²) in [4.78, 5) is 42.8. The lowest BCUT2D eigenvalue weighted by molar-refractivity contribution is -0.385. The zero-order valence-electron chi connectivity index (χ0n) is 26.1. The van der Waals surface area contributed by atoms with Crippen LogP contribution in [0.2, 0.25) is 18.1 Å². The normalized spacial score (nSPS) is 15.2. The van der Waals surface area contributed by atoms with E-state index in [2.05, 4.69) is 50.7 Å². The number of hydrogen-bond donors (Lipinski definition) is 1. The number of nitro groups is 1. The molecule has 1 aliphatic rings. The predicted octanol–water partition coefficient (Wildman–Crippen LogP) is 6.79. The zero-order chi connectivity index (χ0) is 32.7. The number of carbonyl (C=O) groups is 2. The molecule has 2 heterocycles. The molecule has 44 heavy (non-hydrogen) atoms. The van der Waals surface area contributed by atoms with Crippen LogP contribution in [0.25, 0.3) is 0 Å². The molecule has 0 spiro atoms.